The van der Waals surface area contributed by atoms with Gasteiger partial charge in [0.2, 0.25) is 0 Å². The lowest BCUT2D eigenvalue weighted by Crippen LogP contribution is -2.58. The fourth-order valence-electron chi connectivity index (χ4n) is 3.06. The van der Waals surface area contributed by atoms with Gasteiger partial charge in [0, 0.05) is 36.4 Å². The number of nitrogens with two attached hydrogens (primary N) is 1. The highest BCUT2D eigenvalue weighted by molar-refractivity contribution is 5.96. The number of anilines is 1. The van der Waals surface area contributed by atoms with Crippen LogP contribution in [-0.4, -0.2) is 48.2 Å². The molecule has 0 radical (unpaired) electrons. The Bertz CT molecular complexity index is 571. The molecule has 1 heterocycles. The van der Waals surface area contributed by atoms with E-state index in [0.717, 1.165) is 18.7 Å². The summed E-state index contributed by atoms with van der Waals surface area (Å²) in [7, 11) is 0. The second-order valence-electron chi connectivity index (χ2n) is 7.23. The van der Waals surface area contributed by atoms with E-state index < -0.39 is 0 Å². The number of carbonyl (C=O) groups is 1. The van der Waals surface area contributed by atoms with E-state index in [1.807, 2.05) is 19.1 Å². The molecule has 0 aromatic heterocycles. The molecule has 7 heteroatoms. The lowest BCUT2D eigenvalue weighted by Gasteiger charge is -2.45. The number of hydrogen-bond acceptors (Lipinski definition) is 4. The quantitative estimate of drug-likeness (QED) is 0.773. The Morgan fingerprint density at radius 2 is 1.84 bits per heavy atom. The molecule has 3 N–H and O–H groups in total. The van der Waals surface area contributed by atoms with Crippen molar-refractivity contribution < 1.29 is 9.53 Å². The van der Waals surface area contributed by atoms with Gasteiger partial charge in [-0.15, -0.1) is 24.8 Å². The largest absolute Gasteiger partial charge is 0.399 e. The number of aryl methyl sites for hydroxylation is 1. The zero-order chi connectivity index (χ0) is 17.2. The minimum absolute atomic E-state index is 0. The highest BCUT2D eigenvalue weighted by atomic mass is 35.5. The van der Waals surface area contributed by atoms with E-state index in [2.05, 4.69) is 37.9 Å². The predicted molar refractivity (Wildman–Crippen MR) is 108 cm³/mol. The summed E-state index contributed by atoms with van der Waals surface area (Å²) in [6, 6.07) is 5.42. The maximum atomic E-state index is 12.5. The highest BCUT2D eigenvalue weighted by Crippen LogP contribution is 2.21. The molecular weight excluding hydrogens is 361 g/mol. The van der Waals surface area contributed by atoms with E-state index in [4.69, 9.17) is 10.5 Å². The van der Waals surface area contributed by atoms with Crippen molar-refractivity contribution in [3.05, 3.63) is 29.3 Å². The van der Waals surface area contributed by atoms with Crippen molar-refractivity contribution in [3.63, 3.8) is 0 Å². The van der Waals surface area contributed by atoms with E-state index >= 15 is 0 Å². The third kappa shape index (κ3) is 6.33. The number of rotatable bonds is 4. The lowest BCUT2D eigenvalue weighted by atomic mass is 9.99. The van der Waals surface area contributed by atoms with Crippen molar-refractivity contribution in [2.24, 2.45) is 0 Å². The van der Waals surface area contributed by atoms with Crippen molar-refractivity contribution in [1.82, 2.24) is 10.2 Å². The highest BCUT2D eigenvalue weighted by Gasteiger charge is 2.33. The first-order chi connectivity index (χ1) is 10.7. The number of hydrogen-bond donors (Lipinski definition) is 2. The summed E-state index contributed by atoms with van der Waals surface area (Å²) >= 11 is 0. The molecule has 0 aliphatic carbocycles. The molecule has 2 unspecified atom stereocenters. The van der Waals surface area contributed by atoms with Crippen molar-refractivity contribution in [2.75, 3.05) is 25.4 Å². The second kappa shape index (κ2) is 9.62. The molecule has 1 aromatic rings. The Hall–Kier alpha value is -1.01. The smallest absolute Gasteiger partial charge is 0.251 e. The maximum Gasteiger partial charge on any atom is 0.251 e. The van der Waals surface area contributed by atoms with E-state index in [1.54, 1.807) is 6.07 Å². The van der Waals surface area contributed by atoms with Crippen LogP contribution in [0.2, 0.25) is 0 Å². The van der Waals surface area contributed by atoms with Crippen LogP contribution in [0, 0.1) is 6.92 Å². The Balaban J connectivity index is 0.00000288. The number of morpholine rings is 1. The van der Waals surface area contributed by atoms with Gasteiger partial charge in [0.1, 0.15) is 0 Å². The maximum absolute atomic E-state index is 12.5. The van der Waals surface area contributed by atoms with Gasteiger partial charge in [-0.2, -0.15) is 0 Å². The van der Waals surface area contributed by atoms with Gasteiger partial charge in [-0.25, -0.2) is 0 Å². The first kappa shape index (κ1) is 24.0. The summed E-state index contributed by atoms with van der Waals surface area (Å²) in [5.41, 5.74) is 7.85. The number of benzene rings is 1. The van der Waals surface area contributed by atoms with Crippen LogP contribution in [0.1, 0.15) is 43.6 Å². The van der Waals surface area contributed by atoms with E-state index in [9.17, 15) is 4.79 Å². The first-order valence-electron chi connectivity index (χ1n) is 8.24. The van der Waals surface area contributed by atoms with Crippen LogP contribution in [0.4, 0.5) is 5.69 Å². The summed E-state index contributed by atoms with van der Waals surface area (Å²) in [6.45, 7) is 12.8. The average Bonchev–Trinajstić information content (AvgIpc) is 2.46. The van der Waals surface area contributed by atoms with Gasteiger partial charge < -0.3 is 15.8 Å². The van der Waals surface area contributed by atoms with Crippen LogP contribution in [0.25, 0.3) is 0 Å². The average molecular weight is 392 g/mol. The van der Waals surface area contributed by atoms with Crippen LogP contribution >= 0.6 is 24.8 Å². The molecule has 1 fully saturated rings. The zero-order valence-electron chi connectivity index (χ0n) is 15.7. The van der Waals surface area contributed by atoms with Crippen molar-refractivity contribution in [3.8, 4) is 0 Å². The first-order valence-corrected chi connectivity index (χ1v) is 8.24. The van der Waals surface area contributed by atoms with Crippen LogP contribution in [0.5, 0.6) is 0 Å². The number of halogens is 2. The van der Waals surface area contributed by atoms with Gasteiger partial charge in [-0.05, 0) is 52.3 Å². The summed E-state index contributed by atoms with van der Waals surface area (Å²) in [4.78, 5) is 14.9. The molecule has 1 aromatic carbocycles. The van der Waals surface area contributed by atoms with Gasteiger partial charge in [0.15, 0.2) is 0 Å². The fraction of sp³-hybridized carbons (Fsp3) is 0.611. The summed E-state index contributed by atoms with van der Waals surface area (Å²) < 4.78 is 5.79. The molecular formula is C18H31Cl2N3O2. The SMILES string of the molecule is Cc1ccc(N)cc1C(=O)NCC(C)(C)N1CC(C)OC(C)C1.Cl.Cl. The summed E-state index contributed by atoms with van der Waals surface area (Å²) in [5.74, 6) is -0.0720. The lowest BCUT2D eigenvalue weighted by molar-refractivity contribution is -0.0948. The van der Waals surface area contributed by atoms with Gasteiger partial charge >= 0.3 is 0 Å². The monoisotopic (exact) mass is 391 g/mol. The van der Waals surface area contributed by atoms with E-state index in [-0.39, 0.29) is 48.5 Å². The van der Waals surface area contributed by atoms with Crippen LogP contribution in [0.15, 0.2) is 18.2 Å². The van der Waals surface area contributed by atoms with E-state index in [1.165, 1.54) is 0 Å². The van der Waals surface area contributed by atoms with E-state index in [0.29, 0.717) is 17.8 Å². The normalized spacial score (nSPS) is 21.0. The third-order valence-electron chi connectivity index (χ3n) is 4.46. The minimum Gasteiger partial charge on any atom is -0.399 e. The minimum atomic E-state index is -0.129. The Morgan fingerprint density at radius 3 is 2.40 bits per heavy atom. The van der Waals surface area contributed by atoms with Crippen molar-refractivity contribution in [1.29, 1.82) is 0 Å². The topological polar surface area (TPSA) is 67.6 Å². The number of nitrogen functional groups attached to an aromatic ring is 1. The van der Waals surface area contributed by atoms with Crippen LogP contribution in [0.3, 0.4) is 0 Å². The van der Waals surface area contributed by atoms with Gasteiger partial charge in [0.25, 0.3) is 5.91 Å². The molecule has 1 aliphatic rings. The molecule has 25 heavy (non-hydrogen) atoms. The second-order valence-corrected chi connectivity index (χ2v) is 7.23. The molecule has 2 rings (SSSR count). The van der Waals surface area contributed by atoms with Gasteiger partial charge in [-0.3, -0.25) is 9.69 Å². The number of nitrogens with one attached hydrogen (secondary N) is 1. The molecule has 0 spiro atoms. The molecule has 2 atom stereocenters. The fourth-order valence-corrected chi connectivity index (χ4v) is 3.06. The summed E-state index contributed by atoms with van der Waals surface area (Å²) in [6.07, 6.45) is 0.426. The number of carbonyl (C=O) groups excluding carboxylic acids is 1. The third-order valence-corrected chi connectivity index (χ3v) is 4.46. The molecule has 1 saturated heterocycles. The molecule has 1 aliphatic heterocycles. The van der Waals surface area contributed by atoms with Crippen molar-refractivity contribution in [2.45, 2.75) is 52.4 Å². The Morgan fingerprint density at radius 1 is 1.28 bits per heavy atom. The number of nitrogens with zero attached hydrogens (tertiary/aromatic N) is 1. The molecule has 144 valence electrons. The Labute approximate surface area is 163 Å². The predicted octanol–water partition coefficient (Wildman–Crippen LogP) is 3.04. The zero-order valence-corrected chi connectivity index (χ0v) is 17.3. The van der Waals surface area contributed by atoms with Gasteiger partial charge in [-0.1, -0.05) is 6.07 Å². The molecule has 0 bridgehead atoms. The molecule has 1 amide bonds. The Kier molecular flexibility index (Phi) is 9.23. The van der Waals surface area contributed by atoms with Gasteiger partial charge in [0.05, 0.1) is 12.2 Å². The molecule has 5 nitrogen and oxygen atoms in total. The van der Waals surface area contributed by atoms with Crippen molar-refractivity contribution >= 4 is 36.4 Å². The molecule has 0 saturated carbocycles. The standard InChI is InChI=1S/C18H29N3O2.2ClH/c1-12-6-7-15(19)8-16(12)17(22)20-11-18(4,5)21-9-13(2)23-14(3)10-21;;/h6-8,13-14H,9-11,19H2,1-5H3,(H,20,22);2*1H. The number of ether oxygens (including phenoxy) is 1. The summed E-state index contributed by atoms with van der Waals surface area (Å²) in [5, 5.41) is 3.06. The number of amides is 1. The van der Waals surface area contributed by atoms with Crippen LogP contribution < -0.4 is 11.1 Å². The van der Waals surface area contributed by atoms with Crippen LogP contribution in [-0.2, 0) is 4.74 Å².